The molecule has 30 atom stereocenters. The number of hydrogen-bond donors (Lipinski definition) is 6. The summed E-state index contributed by atoms with van der Waals surface area (Å²) in [5.41, 5.74) is -4.11. The van der Waals surface area contributed by atoms with E-state index in [0.29, 0.717) is 76.2 Å². The Morgan fingerprint density at radius 2 is 1.32 bits per heavy atom. The maximum atomic E-state index is 12.0. The summed E-state index contributed by atoms with van der Waals surface area (Å²) in [5, 5.41) is 44.1. The third-order valence-corrected chi connectivity index (χ3v) is 22.2. The normalized spacial score (nSPS) is 51.2. The van der Waals surface area contributed by atoms with Gasteiger partial charge in [-0.15, -0.1) is 6.58 Å². The summed E-state index contributed by atoms with van der Waals surface area (Å²) in [6.07, 6.45) is -5.74. The van der Waals surface area contributed by atoms with Gasteiger partial charge in [0.2, 0.25) is 0 Å². The van der Waals surface area contributed by atoms with Gasteiger partial charge < -0.3 is 82.0 Å². The van der Waals surface area contributed by atoms with E-state index in [0.717, 1.165) is 5.57 Å². The molecule has 12 saturated heterocycles. The van der Waals surface area contributed by atoms with Gasteiger partial charge in [0.25, 0.3) is 0 Å². The summed E-state index contributed by atoms with van der Waals surface area (Å²) in [6.45, 7) is 22.8. The Morgan fingerprint density at radius 1 is 0.713 bits per heavy atom. The lowest BCUT2D eigenvalue weighted by Gasteiger charge is -2.60. The molecule has 27 heteroatoms. The highest BCUT2D eigenvalue weighted by atomic mass is 32.3. The van der Waals surface area contributed by atoms with Gasteiger partial charge in [0, 0.05) is 44.9 Å². The standard InChI is InChI=1S/C60H90O25S2/c1-10-12-29(2)13-16-56(5,64)53-30(3)19-40-39(78-53)25-48-60(9,83-40)54(81-55-50(63)49(62)44(28-61)79-55)52-43(77-48)23-42-51(80-52)31(4)27-59(8)46(76-42)26-45-58(7,85-59)17-14-32-33(75-45)20-35-34(72-32)21-36-37(73-35)22-41-38(74-36)24-47(84-87(68,69)70)57(6,82-41)15-11-18-71-86(65,66)67/h10,13,16,31-55,61-64H,1-3,11-12,14-15,17-28H2,4-9H3,(H,65,66,67)(H,68,69,70)/b16-13+/t31-,32-,33+,34+,35-,36-,37+,38+,39+,40-,41-,42-,43+,44-,45-,46+,47-,48-,49-,50+,51+,52+,53-,54+,55+,56+,57+,58+,59-,60-/m0/s1. The molecule has 0 aromatic rings. The minimum atomic E-state index is -4.93. The molecule has 0 saturated carbocycles. The van der Waals surface area contributed by atoms with Crippen LogP contribution in [0.25, 0.3) is 0 Å². The van der Waals surface area contributed by atoms with Crippen LogP contribution in [0.5, 0.6) is 0 Å². The fourth-order valence-corrected chi connectivity index (χ4v) is 17.8. The third-order valence-electron chi connectivity index (χ3n) is 21.2. The fraction of sp³-hybridized carbons (Fsp3) is 0.867. The number of allylic oxidation sites excluding steroid dienone is 3. The average Bonchev–Trinajstić information content (AvgIpc) is 1.65. The first kappa shape index (κ1) is 65.1. The lowest BCUT2D eigenvalue weighted by Crippen LogP contribution is -2.74. The summed E-state index contributed by atoms with van der Waals surface area (Å²) >= 11 is 0. The van der Waals surface area contributed by atoms with E-state index in [1.165, 1.54) is 0 Å². The van der Waals surface area contributed by atoms with Gasteiger partial charge in [-0.1, -0.05) is 43.9 Å². The summed E-state index contributed by atoms with van der Waals surface area (Å²) in [5.74, 6) is -0.119. The number of rotatable bonds is 15. The Morgan fingerprint density at radius 3 is 1.99 bits per heavy atom. The van der Waals surface area contributed by atoms with Crippen molar-refractivity contribution in [3.8, 4) is 0 Å². The molecule has 0 bridgehead atoms. The minimum Gasteiger partial charge on any atom is -0.394 e. The van der Waals surface area contributed by atoms with Crippen molar-refractivity contribution in [3.63, 3.8) is 0 Å². The molecule has 492 valence electrons. The molecule has 0 aromatic carbocycles. The lowest BCUT2D eigenvalue weighted by atomic mass is 9.73. The molecule has 0 amide bonds. The molecule has 0 spiro atoms. The van der Waals surface area contributed by atoms with Crippen LogP contribution in [-0.4, -0.2) is 234 Å². The molecule has 12 rings (SSSR count). The second kappa shape index (κ2) is 24.1. The first-order valence-electron chi connectivity index (χ1n) is 31.1. The van der Waals surface area contributed by atoms with Gasteiger partial charge in [-0.3, -0.25) is 9.11 Å². The van der Waals surface area contributed by atoms with Crippen molar-refractivity contribution in [2.24, 2.45) is 5.92 Å². The van der Waals surface area contributed by atoms with Gasteiger partial charge in [-0.25, -0.2) is 8.37 Å². The first-order valence-corrected chi connectivity index (χ1v) is 33.8. The third kappa shape index (κ3) is 12.8. The molecule has 25 nitrogen and oxygen atoms in total. The fourth-order valence-electron chi connectivity index (χ4n) is 16.9. The van der Waals surface area contributed by atoms with E-state index in [9.17, 15) is 41.8 Å². The number of hydrogen-bond acceptors (Lipinski definition) is 23. The van der Waals surface area contributed by atoms with Crippen LogP contribution >= 0.6 is 0 Å². The zero-order valence-electron chi connectivity index (χ0n) is 50.4. The first-order chi connectivity index (χ1) is 40.9. The maximum Gasteiger partial charge on any atom is 0.397 e. The van der Waals surface area contributed by atoms with E-state index < -0.39 is 184 Å². The zero-order chi connectivity index (χ0) is 62.1. The van der Waals surface area contributed by atoms with Crippen molar-refractivity contribution >= 4 is 20.8 Å². The van der Waals surface area contributed by atoms with E-state index in [-0.39, 0.29) is 49.6 Å². The molecule has 0 radical (unpaired) electrons. The van der Waals surface area contributed by atoms with Crippen LogP contribution in [0, 0.1) is 5.92 Å². The summed E-state index contributed by atoms with van der Waals surface area (Å²) in [4.78, 5) is 0. The number of aliphatic hydroxyl groups excluding tert-OH is 3. The smallest absolute Gasteiger partial charge is 0.394 e. The zero-order valence-corrected chi connectivity index (χ0v) is 52.0. The SMILES string of the molecule is C=CCC(=C)/C=C/[C@@](C)(O)[C@H]1O[C@@H]2C[C@@H]3O[C@@H]4C[C@@H]5O[C@@H]6C[C@@H]7O[C@@H]8C[C@@H]9O[C@@H]%10C[C@@H]%11O[C@](C)(CCCOS(=O)(=O)O)[C@@H](OS(=O)(=O)O)C[C@H]%11O[C@H]%10C[C@H]9O[C@H]8CC[C@@]7(C)O[C@@]6(C)C[C@H](C)[C@H]5O[C@H]4[C@@H](O[C@H]4O[C@@H](CO)[C@H](O)[C@H]4O)[C@@]3(C)O[C@H]2CC1=C. The minimum absolute atomic E-state index is 0.0445. The van der Waals surface area contributed by atoms with Crippen molar-refractivity contribution in [2.75, 3.05) is 13.2 Å². The van der Waals surface area contributed by atoms with Crippen LogP contribution in [-0.2, 0) is 90.7 Å². The Balaban J connectivity index is 0.737. The predicted molar refractivity (Wildman–Crippen MR) is 302 cm³/mol. The molecule has 12 fully saturated rings. The largest absolute Gasteiger partial charge is 0.397 e. The van der Waals surface area contributed by atoms with E-state index >= 15 is 0 Å². The molecule has 12 aliphatic heterocycles. The van der Waals surface area contributed by atoms with Crippen molar-refractivity contribution in [1.29, 1.82) is 0 Å². The van der Waals surface area contributed by atoms with Crippen molar-refractivity contribution in [2.45, 2.75) is 306 Å². The predicted octanol–water partition coefficient (Wildman–Crippen LogP) is 3.52. The Labute approximate surface area is 509 Å². The van der Waals surface area contributed by atoms with Crippen molar-refractivity contribution in [3.05, 3.63) is 49.1 Å². The van der Waals surface area contributed by atoms with Crippen molar-refractivity contribution < 1.29 is 116 Å². The van der Waals surface area contributed by atoms with Crippen LogP contribution in [0.1, 0.15) is 131 Å². The van der Waals surface area contributed by atoms with Gasteiger partial charge in [-0.2, -0.15) is 16.8 Å². The molecular weight excluding hydrogens is 1180 g/mol. The topological polar surface area (TPSA) is 328 Å². The highest BCUT2D eigenvalue weighted by molar-refractivity contribution is 7.81. The molecule has 0 aliphatic carbocycles. The monoisotopic (exact) mass is 1270 g/mol. The number of fused-ring (bicyclic) bond motifs is 10. The van der Waals surface area contributed by atoms with E-state index in [1.54, 1.807) is 32.1 Å². The number of ether oxygens (including phenoxy) is 13. The molecule has 0 aromatic heterocycles. The average molecular weight is 1280 g/mol. The Kier molecular flexibility index (Phi) is 18.0. The summed E-state index contributed by atoms with van der Waals surface area (Å²) in [6, 6.07) is 0. The van der Waals surface area contributed by atoms with Crippen LogP contribution in [0.15, 0.2) is 49.1 Å². The second-order valence-corrected chi connectivity index (χ2v) is 30.0. The van der Waals surface area contributed by atoms with E-state index in [4.69, 9.17) is 70.3 Å². The van der Waals surface area contributed by atoms with Gasteiger partial charge in [-0.05, 0) is 91.1 Å². The molecule has 0 unspecified atom stereocenters. The Bertz CT molecular complexity index is 2820. The van der Waals surface area contributed by atoms with E-state index in [2.05, 4.69) is 44.7 Å². The van der Waals surface area contributed by atoms with Gasteiger partial charge in [0.05, 0.1) is 128 Å². The quantitative estimate of drug-likeness (QED) is 0.0591. The van der Waals surface area contributed by atoms with Crippen LogP contribution < -0.4 is 0 Å². The molecule has 12 heterocycles. The highest BCUT2D eigenvalue weighted by Gasteiger charge is 2.67. The molecular formula is C60H90O25S2. The number of aliphatic hydroxyl groups is 4. The van der Waals surface area contributed by atoms with Gasteiger partial charge in [0.1, 0.15) is 53.9 Å². The van der Waals surface area contributed by atoms with Gasteiger partial charge in [0.15, 0.2) is 6.29 Å². The van der Waals surface area contributed by atoms with Crippen LogP contribution in [0.2, 0.25) is 0 Å². The summed E-state index contributed by atoms with van der Waals surface area (Å²) in [7, 11) is -9.64. The molecule has 87 heavy (non-hydrogen) atoms. The summed E-state index contributed by atoms with van der Waals surface area (Å²) < 4.78 is 165. The Hall–Kier alpha value is -1.98. The maximum absolute atomic E-state index is 12.0. The molecule has 12 aliphatic rings. The van der Waals surface area contributed by atoms with Crippen LogP contribution in [0.4, 0.5) is 0 Å². The van der Waals surface area contributed by atoms with Crippen LogP contribution in [0.3, 0.4) is 0 Å². The van der Waals surface area contributed by atoms with Gasteiger partial charge >= 0.3 is 20.8 Å². The highest BCUT2D eigenvalue weighted by Crippen LogP contribution is 2.55. The van der Waals surface area contributed by atoms with E-state index in [1.807, 2.05) is 6.92 Å². The van der Waals surface area contributed by atoms with Crippen molar-refractivity contribution in [1.82, 2.24) is 0 Å². The lowest BCUT2D eigenvalue weighted by molar-refractivity contribution is -0.382. The second-order valence-electron chi connectivity index (χ2n) is 27.9. The molecule has 6 N–H and O–H groups in total.